The van der Waals surface area contributed by atoms with Crippen LogP contribution >= 0.6 is 0 Å². The number of esters is 1. The van der Waals surface area contributed by atoms with Gasteiger partial charge in [-0.3, -0.25) is 20.4 Å². The summed E-state index contributed by atoms with van der Waals surface area (Å²) in [5, 5.41) is 0. The highest BCUT2D eigenvalue weighted by molar-refractivity contribution is 5.95. The van der Waals surface area contributed by atoms with E-state index < -0.39 is 17.8 Å². The molecular weight excluding hydrogens is 388 g/mol. The number of unbranched alkanes of at least 4 members (excludes halogenated alkanes) is 1. The van der Waals surface area contributed by atoms with Gasteiger partial charge in [-0.15, -0.1) is 0 Å². The summed E-state index contributed by atoms with van der Waals surface area (Å²) in [6.07, 6.45) is 2.01. The lowest BCUT2D eigenvalue weighted by molar-refractivity contribution is -0.123. The molecule has 0 heterocycles. The molecular formula is C22H26N2O6. The fourth-order valence-electron chi connectivity index (χ4n) is 2.32. The Hall–Kier alpha value is -3.55. The van der Waals surface area contributed by atoms with Gasteiger partial charge >= 0.3 is 5.97 Å². The van der Waals surface area contributed by atoms with Gasteiger partial charge < -0.3 is 14.2 Å². The molecule has 0 aromatic heterocycles. The van der Waals surface area contributed by atoms with Crippen LogP contribution in [0, 0.1) is 0 Å². The number of hydrogen-bond donors (Lipinski definition) is 2. The predicted molar refractivity (Wildman–Crippen MR) is 110 cm³/mol. The molecule has 0 radical (unpaired) electrons. The van der Waals surface area contributed by atoms with Crippen molar-refractivity contribution in [3.05, 3.63) is 59.7 Å². The molecule has 160 valence electrons. The van der Waals surface area contributed by atoms with Crippen LogP contribution in [0.15, 0.2) is 48.5 Å². The molecule has 0 aliphatic carbocycles. The Labute approximate surface area is 175 Å². The van der Waals surface area contributed by atoms with Crippen LogP contribution in [0.3, 0.4) is 0 Å². The minimum absolute atomic E-state index is 0.292. The van der Waals surface area contributed by atoms with Crippen LogP contribution in [0.1, 0.15) is 47.4 Å². The van der Waals surface area contributed by atoms with Gasteiger partial charge in [-0.2, -0.15) is 0 Å². The number of hydrogen-bond acceptors (Lipinski definition) is 6. The minimum atomic E-state index is -0.530. The highest BCUT2D eigenvalue weighted by Gasteiger charge is 2.09. The fourth-order valence-corrected chi connectivity index (χ4v) is 2.32. The first-order valence-electron chi connectivity index (χ1n) is 9.75. The highest BCUT2D eigenvalue weighted by Crippen LogP contribution is 2.13. The molecule has 0 aliphatic heterocycles. The first-order chi connectivity index (χ1) is 14.5. The maximum Gasteiger partial charge on any atom is 0.338 e. The van der Waals surface area contributed by atoms with E-state index in [1.54, 1.807) is 55.5 Å². The largest absolute Gasteiger partial charge is 0.494 e. The van der Waals surface area contributed by atoms with Crippen molar-refractivity contribution < 1.29 is 28.6 Å². The number of carbonyl (C=O) groups excluding carboxylic acids is 3. The van der Waals surface area contributed by atoms with E-state index in [4.69, 9.17) is 14.2 Å². The Morgan fingerprint density at radius 3 is 2.00 bits per heavy atom. The lowest BCUT2D eigenvalue weighted by Gasteiger charge is -2.10. The number of rotatable bonds is 10. The number of benzene rings is 2. The fraction of sp³-hybridized carbons (Fsp3) is 0.318. The smallest absolute Gasteiger partial charge is 0.338 e. The van der Waals surface area contributed by atoms with Crippen molar-refractivity contribution >= 4 is 17.8 Å². The summed E-state index contributed by atoms with van der Waals surface area (Å²) in [7, 11) is 0. The lowest BCUT2D eigenvalue weighted by atomic mass is 10.2. The van der Waals surface area contributed by atoms with Crippen molar-refractivity contribution in [3.8, 4) is 11.5 Å². The van der Waals surface area contributed by atoms with Gasteiger partial charge in [-0.05, 0) is 61.9 Å². The Balaban J connectivity index is 1.73. The molecule has 2 N–H and O–H groups in total. The molecule has 0 saturated heterocycles. The third-order valence-corrected chi connectivity index (χ3v) is 3.93. The van der Waals surface area contributed by atoms with E-state index >= 15 is 0 Å². The minimum Gasteiger partial charge on any atom is -0.494 e. The molecule has 0 unspecified atom stereocenters. The Morgan fingerprint density at radius 1 is 0.800 bits per heavy atom. The normalized spacial score (nSPS) is 10.1. The summed E-state index contributed by atoms with van der Waals surface area (Å²) in [4.78, 5) is 35.6. The Morgan fingerprint density at radius 2 is 1.40 bits per heavy atom. The van der Waals surface area contributed by atoms with Crippen LogP contribution in [0.5, 0.6) is 11.5 Å². The van der Waals surface area contributed by atoms with E-state index in [1.165, 1.54) is 0 Å². The zero-order valence-corrected chi connectivity index (χ0v) is 17.1. The van der Waals surface area contributed by atoms with Crippen molar-refractivity contribution in [2.45, 2.75) is 26.7 Å². The van der Waals surface area contributed by atoms with E-state index in [9.17, 15) is 14.4 Å². The van der Waals surface area contributed by atoms with Crippen LogP contribution in [-0.4, -0.2) is 37.6 Å². The van der Waals surface area contributed by atoms with E-state index in [0.717, 1.165) is 12.8 Å². The summed E-state index contributed by atoms with van der Waals surface area (Å²) < 4.78 is 15.8. The van der Waals surface area contributed by atoms with Crippen molar-refractivity contribution in [1.82, 2.24) is 10.9 Å². The lowest BCUT2D eigenvalue weighted by Crippen LogP contribution is -2.43. The monoisotopic (exact) mass is 414 g/mol. The maximum absolute atomic E-state index is 12.1. The van der Waals surface area contributed by atoms with Crippen LogP contribution < -0.4 is 20.3 Å². The Kier molecular flexibility index (Phi) is 9.18. The summed E-state index contributed by atoms with van der Waals surface area (Å²) in [6.45, 7) is 4.43. The zero-order chi connectivity index (χ0) is 21.8. The van der Waals surface area contributed by atoms with Crippen LogP contribution in [0.4, 0.5) is 0 Å². The van der Waals surface area contributed by atoms with E-state index in [-0.39, 0.29) is 6.61 Å². The summed E-state index contributed by atoms with van der Waals surface area (Å²) in [6, 6.07) is 12.8. The highest BCUT2D eigenvalue weighted by atomic mass is 16.5. The zero-order valence-electron chi connectivity index (χ0n) is 17.1. The molecule has 0 spiro atoms. The van der Waals surface area contributed by atoms with Crippen molar-refractivity contribution in [1.29, 1.82) is 0 Å². The van der Waals surface area contributed by atoms with Gasteiger partial charge in [-0.1, -0.05) is 13.3 Å². The van der Waals surface area contributed by atoms with Crippen LogP contribution in [-0.2, 0) is 9.53 Å². The standard InChI is InChI=1S/C22H26N2O6/c1-3-5-14-29-18-10-6-16(7-11-18)21(26)24-23-20(25)15-30-19-12-8-17(9-13-19)22(27)28-4-2/h6-13H,3-5,14-15H2,1-2H3,(H,23,25)(H,24,26). The first kappa shape index (κ1) is 22.7. The van der Waals surface area contributed by atoms with E-state index in [1.807, 2.05) is 0 Å². The van der Waals surface area contributed by atoms with Crippen molar-refractivity contribution in [2.24, 2.45) is 0 Å². The quantitative estimate of drug-likeness (QED) is 0.352. The predicted octanol–water partition coefficient (Wildman–Crippen LogP) is 2.88. The molecule has 0 atom stereocenters. The van der Waals surface area contributed by atoms with Gasteiger partial charge in [0.15, 0.2) is 6.61 Å². The van der Waals surface area contributed by atoms with Gasteiger partial charge in [0.25, 0.3) is 11.8 Å². The number of ether oxygens (including phenoxy) is 3. The second-order valence-corrected chi connectivity index (χ2v) is 6.26. The van der Waals surface area contributed by atoms with Gasteiger partial charge in [0.2, 0.25) is 0 Å². The molecule has 2 amide bonds. The average Bonchev–Trinajstić information content (AvgIpc) is 2.77. The molecule has 0 aliphatic rings. The van der Waals surface area contributed by atoms with Crippen molar-refractivity contribution in [2.75, 3.05) is 19.8 Å². The molecule has 2 rings (SSSR count). The number of carbonyl (C=O) groups is 3. The van der Waals surface area contributed by atoms with Crippen LogP contribution in [0.2, 0.25) is 0 Å². The molecule has 0 bridgehead atoms. The van der Waals surface area contributed by atoms with E-state index in [0.29, 0.717) is 35.8 Å². The third-order valence-electron chi connectivity index (χ3n) is 3.93. The first-order valence-corrected chi connectivity index (χ1v) is 9.75. The third kappa shape index (κ3) is 7.46. The van der Waals surface area contributed by atoms with Gasteiger partial charge in [0, 0.05) is 5.56 Å². The van der Waals surface area contributed by atoms with E-state index in [2.05, 4.69) is 17.8 Å². The topological polar surface area (TPSA) is 103 Å². The number of hydrazine groups is 1. The summed E-state index contributed by atoms with van der Waals surface area (Å²) >= 11 is 0. The molecule has 30 heavy (non-hydrogen) atoms. The van der Waals surface area contributed by atoms with Gasteiger partial charge in [0.05, 0.1) is 18.8 Å². The number of nitrogens with one attached hydrogen (secondary N) is 2. The SMILES string of the molecule is CCCCOc1ccc(C(=O)NNC(=O)COc2ccc(C(=O)OCC)cc2)cc1. The Bertz CT molecular complexity index is 834. The second-order valence-electron chi connectivity index (χ2n) is 6.26. The number of amides is 2. The molecule has 8 nitrogen and oxygen atoms in total. The van der Waals surface area contributed by atoms with Crippen LogP contribution in [0.25, 0.3) is 0 Å². The van der Waals surface area contributed by atoms with Gasteiger partial charge in [-0.25, -0.2) is 4.79 Å². The maximum atomic E-state index is 12.1. The van der Waals surface area contributed by atoms with Gasteiger partial charge in [0.1, 0.15) is 11.5 Å². The average molecular weight is 414 g/mol. The summed E-state index contributed by atoms with van der Waals surface area (Å²) in [5.74, 6) is -0.320. The molecule has 8 heteroatoms. The molecule has 2 aromatic carbocycles. The molecule has 2 aromatic rings. The molecule has 0 fully saturated rings. The van der Waals surface area contributed by atoms with Crippen molar-refractivity contribution in [3.63, 3.8) is 0 Å². The molecule has 0 saturated carbocycles. The summed E-state index contributed by atoms with van der Waals surface area (Å²) in [5.41, 5.74) is 5.38. The second kappa shape index (κ2) is 12.1.